The summed E-state index contributed by atoms with van der Waals surface area (Å²) in [6, 6.07) is 11.1. The predicted octanol–water partition coefficient (Wildman–Crippen LogP) is 2.68. The molecule has 0 aliphatic carbocycles. The molecule has 1 atom stereocenters. The fourth-order valence-electron chi connectivity index (χ4n) is 2.91. The molecule has 0 saturated heterocycles. The number of aromatic amines is 1. The summed E-state index contributed by atoms with van der Waals surface area (Å²) >= 11 is 0. The van der Waals surface area contributed by atoms with Crippen molar-refractivity contribution < 1.29 is 14.3 Å². The molecule has 1 aromatic carbocycles. The highest BCUT2D eigenvalue weighted by Gasteiger charge is 2.11. The molecule has 2 heterocycles. The monoisotopic (exact) mass is 426 g/mol. The highest BCUT2D eigenvalue weighted by molar-refractivity contribution is 5.79. The molecule has 9 nitrogen and oxygen atoms in total. The maximum absolute atomic E-state index is 10.5. The number of hydrogen-bond donors (Lipinski definition) is 4. The number of aliphatic imine (C=N–C) groups is 1. The van der Waals surface area contributed by atoms with Crippen LogP contribution in [0.3, 0.4) is 0 Å². The maximum Gasteiger partial charge on any atom is 0.216 e. The third-order valence-corrected chi connectivity index (χ3v) is 4.31. The van der Waals surface area contributed by atoms with Gasteiger partial charge in [-0.3, -0.25) is 10.1 Å². The first-order valence-electron chi connectivity index (χ1n) is 10.5. The van der Waals surface area contributed by atoms with E-state index in [1.165, 1.54) is 0 Å². The van der Waals surface area contributed by atoms with E-state index in [2.05, 4.69) is 30.8 Å². The largest absolute Gasteiger partial charge is 0.491 e. The van der Waals surface area contributed by atoms with Crippen LogP contribution in [0.1, 0.15) is 38.3 Å². The number of guanidine groups is 1. The minimum absolute atomic E-state index is 0.0782. The van der Waals surface area contributed by atoms with Crippen LogP contribution in [-0.4, -0.2) is 52.0 Å². The summed E-state index contributed by atoms with van der Waals surface area (Å²) in [6.07, 6.45) is 1.58. The van der Waals surface area contributed by atoms with Crippen LogP contribution >= 0.6 is 0 Å². The SMILES string of the molecule is CCNC(=NCC(O)c1cccc(OC(C)C)c1)NCCc1nc(-c2ccco2)n[nH]1. The molecule has 0 aliphatic heterocycles. The van der Waals surface area contributed by atoms with Crippen molar-refractivity contribution in [2.45, 2.75) is 39.4 Å². The summed E-state index contributed by atoms with van der Waals surface area (Å²) in [5, 5.41) is 24.1. The summed E-state index contributed by atoms with van der Waals surface area (Å²) in [6.45, 7) is 7.48. The Morgan fingerprint density at radius 3 is 2.87 bits per heavy atom. The molecule has 1 unspecified atom stereocenters. The number of aromatic nitrogens is 3. The number of aliphatic hydroxyl groups is 1. The lowest BCUT2D eigenvalue weighted by Crippen LogP contribution is -2.38. The summed E-state index contributed by atoms with van der Waals surface area (Å²) in [5.74, 6) is 3.27. The van der Waals surface area contributed by atoms with E-state index in [1.54, 1.807) is 12.3 Å². The van der Waals surface area contributed by atoms with Gasteiger partial charge in [-0.25, -0.2) is 4.98 Å². The van der Waals surface area contributed by atoms with Gasteiger partial charge in [0.15, 0.2) is 11.7 Å². The van der Waals surface area contributed by atoms with Crippen molar-refractivity contribution in [3.05, 3.63) is 54.0 Å². The molecule has 0 fully saturated rings. The minimum atomic E-state index is -0.726. The molecule has 31 heavy (non-hydrogen) atoms. The molecule has 166 valence electrons. The molecule has 0 amide bonds. The second-order valence-electron chi connectivity index (χ2n) is 7.23. The number of aliphatic hydroxyl groups excluding tert-OH is 1. The van der Waals surface area contributed by atoms with Gasteiger partial charge in [0, 0.05) is 19.5 Å². The van der Waals surface area contributed by atoms with Crippen LogP contribution in [0.25, 0.3) is 11.6 Å². The molecule has 0 aliphatic rings. The van der Waals surface area contributed by atoms with Crippen molar-refractivity contribution in [3.63, 3.8) is 0 Å². The van der Waals surface area contributed by atoms with E-state index in [-0.39, 0.29) is 12.6 Å². The Bertz CT molecular complexity index is 952. The lowest BCUT2D eigenvalue weighted by molar-refractivity contribution is 0.185. The van der Waals surface area contributed by atoms with Crippen molar-refractivity contribution in [2.24, 2.45) is 4.99 Å². The molecular formula is C22H30N6O3. The highest BCUT2D eigenvalue weighted by atomic mass is 16.5. The van der Waals surface area contributed by atoms with Crippen LogP contribution in [0.15, 0.2) is 52.1 Å². The first-order valence-corrected chi connectivity index (χ1v) is 10.5. The second-order valence-corrected chi connectivity index (χ2v) is 7.23. The number of furan rings is 1. The molecule has 9 heteroatoms. The Hall–Kier alpha value is -3.33. The van der Waals surface area contributed by atoms with Gasteiger partial charge in [0.05, 0.1) is 25.0 Å². The first kappa shape index (κ1) is 22.4. The van der Waals surface area contributed by atoms with Crippen LogP contribution < -0.4 is 15.4 Å². The Morgan fingerprint density at radius 1 is 1.26 bits per heavy atom. The van der Waals surface area contributed by atoms with Gasteiger partial charge in [0.1, 0.15) is 11.6 Å². The standard InChI is InChI=1S/C22H30N6O3/c1-4-23-22(24-11-10-20-26-21(28-27-20)19-9-6-12-30-19)25-14-18(29)16-7-5-8-17(13-16)31-15(2)3/h5-9,12-13,15,18,29H,4,10-11,14H2,1-3H3,(H2,23,24,25)(H,26,27,28). The van der Waals surface area contributed by atoms with E-state index < -0.39 is 6.10 Å². The summed E-state index contributed by atoms with van der Waals surface area (Å²) in [7, 11) is 0. The third kappa shape index (κ3) is 6.85. The fourth-order valence-corrected chi connectivity index (χ4v) is 2.91. The van der Waals surface area contributed by atoms with E-state index in [1.807, 2.05) is 51.1 Å². The number of benzene rings is 1. The van der Waals surface area contributed by atoms with Gasteiger partial charge < -0.3 is 24.9 Å². The molecule has 0 spiro atoms. The number of ether oxygens (including phenoxy) is 1. The molecule has 4 N–H and O–H groups in total. The Balaban J connectivity index is 1.52. The topological polar surface area (TPSA) is 121 Å². The van der Waals surface area contributed by atoms with Crippen LogP contribution in [-0.2, 0) is 6.42 Å². The zero-order chi connectivity index (χ0) is 22.1. The average Bonchev–Trinajstić information content (AvgIpc) is 3.43. The third-order valence-electron chi connectivity index (χ3n) is 4.31. The van der Waals surface area contributed by atoms with Gasteiger partial charge in [0.2, 0.25) is 5.82 Å². The normalized spacial score (nSPS) is 12.7. The minimum Gasteiger partial charge on any atom is -0.491 e. The quantitative estimate of drug-likeness (QED) is 0.290. The van der Waals surface area contributed by atoms with E-state index in [4.69, 9.17) is 9.15 Å². The zero-order valence-electron chi connectivity index (χ0n) is 18.1. The summed E-state index contributed by atoms with van der Waals surface area (Å²) in [4.78, 5) is 8.93. The van der Waals surface area contributed by atoms with Crippen molar-refractivity contribution >= 4 is 5.96 Å². The number of H-pyrrole nitrogens is 1. The molecule has 0 radical (unpaired) electrons. The van der Waals surface area contributed by atoms with E-state index in [0.29, 0.717) is 37.1 Å². The molecule has 0 saturated carbocycles. The van der Waals surface area contributed by atoms with Crippen molar-refractivity contribution in [1.29, 1.82) is 0 Å². The van der Waals surface area contributed by atoms with Gasteiger partial charge in [-0.2, -0.15) is 5.10 Å². The van der Waals surface area contributed by atoms with Crippen LogP contribution in [0, 0.1) is 0 Å². The average molecular weight is 427 g/mol. The Morgan fingerprint density at radius 2 is 2.13 bits per heavy atom. The summed E-state index contributed by atoms with van der Waals surface area (Å²) < 4.78 is 11.0. The van der Waals surface area contributed by atoms with Gasteiger partial charge in [0.25, 0.3) is 0 Å². The Kier molecular flexibility index (Phi) is 8.05. The molecule has 3 rings (SSSR count). The van der Waals surface area contributed by atoms with Crippen LogP contribution in [0.4, 0.5) is 0 Å². The van der Waals surface area contributed by atoms with Gasteiger partial charge in [-0.1, -0.05) is 12.1 Å². The molecule has 2 aromatic heterocycles. The lowest BCUT2D eigenvalue weighted by Gasteiger charge is -2.15. The van der Waals surface area contributed by atoms with Crippen molar-refractivity contribution in [1.82, 2.24) is 25.8 Å². The lowest BCUT2D eigenvalue weighted by atomic mass is 10.1. The summed E-state index contributed by atoms with van der Waals surface area (Å²) in [5.41, 5.74) is 0.768. The predicted molar refractivity (Wildman–Crippen MR) is 119 cm³/mol. The van der Waals surface area contributed by atoms with Gasteiger partial charge in [-0.15, -0.1) is 0 Å². The maximum atomic E-state index is 10.5. The van der Waals surface area contributed by atoms with E-state index in [9.17, 15) is 5.11 Å². The number of nitrogens with zero attached hydrogens (tertiary/aromatic N) is 3. The Labute approximate surface area is 182 Å². The highest BCUT2D eigenvalue weighted by Crippen LogP contribution is 2.20. The second kappa shape index (κ2) is 11.2. The number of rotatable bonds is 10. The molecule has 0 bridgehead atoms. The first-order chi connectivity index (χ1) is 15.0. The molecular weight excluding hydrogens is 396 g/mol. The van der Waals surface area contributed by atoms with E-state index >= 15 is 0 Å². The number of nitrogens with one attached hydrogen (secondary N) is 3. The fraction of sp³-hybridized carbons (Fsp3) is 0.409. The van der Waals surface area contributed by atoms with Crippen molar-refractivity contribution in [3.8, 4) is 17.3 Å². The van der Waals surface area contributed by atoms with Gasteiger partial charge in [-0.05, 0) is 50.6 Å². The van der Waals surface area contributed by atoms with Crippen molar-refractivity contribution in [2.75, 3.05) is 19.6 Å². The van der Waals surface area contributed by atoms with Crippen LogP contribution in [0.2, 0.25) is 0 Å². The zero-order valence-corrected chi connectivity index (χ0v) is 18.1. The smallest absolute Gasteiger partial charge is 0.216 e. The van der Waals surface area contributed by atoms with Gasteiger partial charge >= 0.3 is 0 Å². The number of hydrogen-bond acceptors (Lipinski definition) is 6. The van der Waals surface area contributed by atoms with E-state index in [0.717, 1.165) is 17.1 Å². The van der Waals surface area contributed by atoms with Crippen LogP contribution in [0.5, 0.6) is 5.75 Å². The molecule has 3 aromatic rings.